The molecule has 0 saturated heterocycles. The monoisotopic (exact) mass is 302 g/mol. The molecule has 6 heteroatoms. The fourth-order valence-corrected chi connectivity index (χ4v) is 1.85. The smallest absolute Gasteiger partial charge is 0.187 e. The van der Waals surface area contributed by atoms with Gasteiger partial charge in [0.15, 0.2) is 17.3 Å². The van der Waals surface area contributed by atoms with E-state index in [0.717, 1.165) is 12.1 Å². The van der Waals surface area contributed by atoms with Crippen LogP contribution in [-0.2, 0) is 11.4 Å². The maximum Gasteiger partial charge on any atom is 0.187 e. The average Bonchev–Trinajstić information content (AvgIpc) is 2.52. The first kappa shape index (κ1) is 15.4. The molecule has 2 rings (SSSR count). The van der Waals surface area contributed by atoms with E-state index in [1.807, 2.05) is 6.07 Å². The summed E-state index contributed by atoms with van der Waals surface area (Å²) in [7, 11) is 1.34. The number of hydrogen-bond donors (Lipinski definition) is 0. The summed E-state index contributed by atoms with van der Waals surface area (Å²) in [6.45, 7) is 0.00312. The Morgan fingerprint density at radius 1 is 1.23 bits per heavy atom. The van der Waals surface area contributed by atoms with Crippen LogP contribution < -0.4 is 4.74 Å². The molecule has 0 radical (unpaired) electrons. The summed E-state index contributed by atoms with van der Waals surface area (Å²) in [5.74, 6) is -1.54. The van der Waals surface area contributed by atoms with E-state index in [4.69, 9.17) is 10.00 Å². The Hall–Kier alpha value is -2.94. The molecule has 0 aliphatic rings. The highest BCUT2D eigenvalue weighted by atomic mass is 19.1. The van der Waals surface area contributed by atoms with Gasteiger partial charge in [-0.1, -0.05) is 29.4 Å². The number of halogens is 2. The normalized spacial score (nSPS) is 10.9. The molecule has 0 spiro atoms. The molecule has 4 nitrogen and oxygen atoms in total. The number of nitriles is 1. The van der Waals surface area contributed by atoms with Gasteiger partial charge in [0.25, 0.3) is 0 Å². The maximum atomic E-state index is 13.5. The molecule has 2 aromatic rings. The first-order valence-corrected chi connectivity index (χ1v) is 6.33. The van der Waals surface area contributed by atoms with Crippen LogP contribution in [0.1, 0.15) is 11.1 Å². The number of hydrogen-bond acceptors (Lipinski definition) is 4. The van der Waals surface area contributed by atoms with Crippen LogP contribution in [0.4, 0.5) is 8.78 Å². The molecule has 0 atom stereocenters. The molecule has 0 bridgehead atoms. The Balaban J connectivity index is 2.24. The van der Waals surface area contributed by atoms with Gasteiger partial charge < -0.3 is 9.57 Å². The number of benzene rings is 2. The van der Waals surface area contributed by atoms with Crippen molar-refractivity contribution in [2.75, 3.05) is 7.11 Å². The summed E-state index contributed by atoms with van der Waals surface area (Å²) in [6, 6.07) is 11.9. The van der Waals surface area contributed by atoms with Gasteiger partial charge in [-0.2, -0.15) is 5.26 Å². The summed E-state index contributed by atoms with van der Waals surface area (Å²) < 4.78 is 31.7. The minimum absolute atomic E-state index is 0.00312. The number of oxime groups is 1. The van der Waals surface area contributed by atoms with Crippen LogP contribution >= 0.6 is 0 Å². The highest BCUT2D eigenvalue weighted by Crippen LogP contribution is 2.20. The highest BCUT2D eigenvalue weighted by Gasteiger charge is 2.11. The van der Waals surface area contributed by atoms with Gasteiger partial charge in [-0.3, -0.25) is 0 Å². The predicted octanol–water partition coefficient (Wildman–Crippen LogP) is 3.42. The van der Waals surface area contributed by atoms with Crippen molar-refractivity contribution < 1.29 is 18.4 Å². The van der Waals surface area contributed by atoms with E-state index in [0.29, 0.717) is 11.1 Å². The summed E-state index contributed by atoms with van der Waals surface area (Å²) in [5, 5.41) is 12.7. The number of rotatable bonds is 5. The molecule has 0 heterocycles. The summed E-state index contributed by atoms with van der Waals surface area (Å²) >= 11 is 0. The Kier molecular flexibility index (Phi) is 5.04. The first-order valence-electron chi connectivity index (χ1n) is 6.33. The second-order valence-electron chi connectivity index (χ2n) is 4.25. The van der Waals surface area contributed by atoms with Crippen molar-refractivity contribution >= 4 is 5.71 Å². The van der Waals surface area contributed by atoms with Gasteiger partial charge in [-0.05, 0) is 17.7 Å². The third kappa shape index (κ3) is 3.58. The van der Waals surface area contributed by atoms with E-state index < -0.39 is 11.6 Å². The molecule has 0 N–H and O–H groups in total. The van der Waals surface area contributed by atoms with Gasteiger partial charge in [0.1, 0.15) is 25.6 Å². The molecule has 2 aromatic carbocycles. The van der Waals surface area contributed by atoms with Crippen LogP contribution in [0.3, 0.4) is 0 Å². The van der Waals surface area contributed by atoms with E-state index in [2.05, 4.69) is 9.99 Å². The lowest BCUT2D eigenvalue weighted by molar-refractivity contribution is 0.214. The lowest BCUT2D eigenvalue weighted by Crippen LogP contribution is -2.06. The van der Waals surface area contributed by atoms with Gasteiger partial charge in [-0.25, -0.2) is 8.78 Å². The number of ether oxygens (including phenoxy) is 1. The van der Waals surface area contributed by atoms with Gasteiger partial charge in [0, 0.05) is 11.6 Å². The average molecular weight is 302 g/mol. The zero-order valence-corrected chi connectivity index (χ0v) is 11.7. The van der Waals surface area contributed by atoms with E-state index in [1.54, 1.807) is 24.3 Å². The van der Waals surface area contributed by atoms with Crippen molar-refractivity contribution in [2.45, 2.75) is 6.61 Å². The molecule has 0 fully saturated rings. The van der Waals surface area contributed by atoms with Crippen molar-refractivity contribution in [2.24, 2.45) is 5.16 Å². The summed E-state index contributed by atoms with van der Waals surface area (Å²) in [4.78, 5) is 4.62. The van der Waals surface area contributed by atoms with Crippen LogP contribution in [0, 0.1) is 23.0 Å². The van der Waals surface area contributed by atoms with Crippen molar-refractivity contribution in [1.29, 1.82) is 5.26 Å². The van der Waals surface area contributed by atoms with E-state index in [9.17, 15) is 8.78 Å². The Labute approximate surface area is 126 Å². The van der Waals surface area contributed by atoms with Crippen LogP contribution in [0.5, 0.6) is 5.75 Å². The molecule has 0 aromatic heterocycles. The maximum absolute atomic E-state index is 13.5. The Bertz CT molecular complexity index is 739. The van der Waals surface area contributed by atoms with Crippen molar-refractivity contribution in [3.05, 3.63) is 65.2 Å². The van der Waals surface area contributed by atoms with Gasteiger partial charge >= 0.3 is 0 Å². The largest absolute Gasteiger partial charge is 0.486 e. The highest BCUT2D eigenvalue weighted by molar-refractivity contribution is 6.12. The zero-order chi connectivity index (χ0) is 15.9. The predicted molar refractivity (Wildman–Crippen MR) is 76.3 cm³/mol. The van der Waals surface area contributed by atoms with Crippen molar-refractivity contribution in [3.8, 4) is 11.8 Å². The Morgan fingerprint density at radius 3 is 2.68 bits per heavy atom. The van der Waals surface area contributed by atoms with Gasteiger partial charge in [-0.15, -0.1) is 0 Å². The molecule has 0 unspecified atom stereocenters. The molecule has 22 heavy (non-hydrogen) atoms. The fraction of sp³-hybridized carbons (Fsp3) is 0.125. The van der Waals surface area contributed by atoms with Crippen molar-refractivity contribution in [1.82, 2.24) is 0 Å². The standard InChI is InChI=1S/C16H12F2N2O2/c1-21-20-15(9-19)13-5-3-2-4-11(13)10-22-16-7-6-12(17)8-14(16)18/h2-8H,10H2,1H3. The third-order valence-corrected chi connectivity index (χ3v) is 2.84. The summed E-state index contributed by atoms with van der Waals surface area (Å²) in [5.41, 5.74) is 1.24. The Morgan fingerprint density at radius 2 is 2.00 bits per heavy atom. The topological polar surface area (TPSA) is 54.6 Å². The lowest BCUT2D eigenvalue weighted by Gasteiger charge is -2.10. The second kappa shape index (κ2) is 7.18. The first-order chi connectivity index (χ1) is 10.7. The van der Waals surface area contributed by atoms with Crippen molar-refractivity contribution in [3.63, 3.8) is 0 Å². The van der Waals surface area contributed by atoms with Crippen LogP contribution in [0.2, 0.25) is 0 Å². The molecular formula is C16H12F2N2O2. The molecule has 0 aliphatic heterocycles. The molecule has 0 aliphatic carbocycles. The van der Waals surface area contributed by atoms with Crippen LogP contribution in [-0.4, -0.2) is 12.8 Å². The molecule has 112 valence electrons. The van der Waals surface area contributed by atoms with Gasteiger partial charge in [0.05, 0.1) is 0 Å². The van der Waals surface area contributed by atoms with E-state index >= 15 is 0 Å². The van der Waals surface area contributed by atoms with E-state index in [1.165, 1.54) is 13.2 Å². The van der Waals surface area contributed by atoms with E-state index in [-0.39, 0.29) is 18.1 Å². The zero-order valence-electron chi connectivity index (χ0n) is 11.7. The minimum Gasteiger partial charge on any atom is -0.486 e. The van der Waals surface area contributed by atoms with Crippen LogP contribution in [0.25, 0.3) is 0 Å². The summed E-state index contributed by atoms with van der Waals surface area (Å²) in [6.07, 6.45) is 0. The molecule has 0 saturated carbocycles. The molecular weight excluding hydrogens is 290 g/mol. The van der Waals surface area contributed by atoms with Crippen LogP contribution in [0.15, 0.2) is 47.6 Å². The SMILES string of the molecule is CON=C(C#N)c1ccccc1COc1ccc(F)cc1F. The number of nitrogens with zero attached hydrogens (tertiary/aromatic N) is 2. The van der Waals surface area contributed by atoms with Gasteiger partial charge in [0.2, 0.25) is 0 Å². The quantitative estimate of drug-likeness (QED) is 0.628. The minimum atomic E-state index is -0.788. The second-order valence-corrected chi connectivity index (χ2v) is 4.25. The third-order valence-electron chi connectivity index (χ3n) is 2.84. The molecule has 0 amide bonds. The fourth-order valence-electron chi connectivity index (χ4n) is 1.85. The lowest BCUT2D eigenvalue weighted by atomic mass is 10.0.